The summed E-state index contributed by atoms with van der Waals surface area (Å²) in [4.78, 5) is 9.41. The number of hydrogen-bond donors (Lipinski definition) is 1. The van der Waals surface area contributed by atoms with Gasteiger partial charge in [-0.3, -0.25) is 0 Å². The molecule has 0 saturated heterocycles. The van der Waals surface area contributed by atoms with Gasteiger partial charge in [-0.2, -0.15) is 0 Å². The van der Waals surface area contributed by atoms with Crippen molar-refractivity contribution in [3.8, 4) is 17.0 Å². The number of hydrogen-bond acceptors (Lipinski definition) is 5. The Morgan fingerprint density at radius 1 is 0.871 bits per heavy atom. The number of ether oxygens (including phenoxy) is 2. The number of aromatic nitrogens is 2. The fraction of sp³-hybridized carbons (Fsp3) is 0.615. The highest BCUT2D eigenvalue weighted by atomic mass is 16.5. The molecule has 0 unspecified atom stereocenters. The Bertz CT molecular complexity index is 815. The molecule has 1 aromatic heterocycles. The SMILES string of the molecule is CCCCOCCC.CCc1nc(-c2cc3c(cc2OC)CCCC3)c(CC)nc1N. The summed E-state index contributed by atoms with van der Waals surface area (Å²) in [6.45, 7) is 10.3. The van der Waals surface area contributed by atoms with E-state index in [2.05, 4.69) is 44.8 Å². The summed E-state index contributed by atoms with van der Waals surface area (Å²) in [5.74, 6) is 1.44. The van der Waals surface area contributed by atoms with Crippen molar-refractivity contribution in [2.24, 2.45) is 0 Å². The van der Waals surface area contributed by atoms with Crippen LogP contribution in [0.3, 0.4) is 0 Å². The normalized spacial score (nSPS) is 12.7. The molecular weight excluding hydrogens is 386 g/mol. The van der Waals surface area contributed by atoms with Crippen molar-refractivity contribution < 1.29 is 9.47 Å². The monoisotopic (exact) mass is 427 g/mol. The number of nitrogens with zero attached hydrogens (tertiary/aromatic N) is 2. The fourth-order valence-electron chi connectivity index (χ4n) is 3.85. The molecule has 5 nitrogen and oxygen atoms in total. The zero-order valence-electron chi connectivity index (χ0n) is 20.2. The maximum Gasteiger partial charge on any atom is 0.145 e. The molecule has 1 aromatic carbocycles. The van der Waals surface area contributed by atoms with Crippen LogP contribution >= 0.6 is 0 Å². The Kier molecular flexibility index (Phi) is 10.8. The van der Waals surface area contributed by atoms with Crippen LogP contribution in [0, 0.1) is 0 Å². The molecule has 0 amide bonds. The predicted molar refractivity (Wildman–Crippen MR) is 130 cm³/mol. The number of unbranched alkanes of at least 4 members (excludes halogenated alkanes) is 1. The maximum absolute atomic E-state index is 6.03. The number of nitrogen functional groups attached to an aromatic ring is 1. The third-order valence-corrected chi connectivity index (χ3v) is 5.65. The van der Waals surface area contributed by atoms with Crippen molar-refractivity contribution in [2.75, 3.05) is 26.1 Å². The molecule has 172 valence electrons. The fourth-order valence-corrected chi connectivity index (χ4v) is 3.85. The maximum atomic E-state index is 6.03. The molecule has 0 atom stereocenters. The van der Waals surface area contributed by atoms with Gasteiger partial charge < -0.3 is 15.2 Å². The summed E-state index contributed by atoms with van der Waals surface area (Å²) in [7, 11) is 1.73. The van der Waals surface area contributed by atoms with Crippen molar-refractivity contribution in [1.82, 2.24) is 9.97 Å². The van der Waals surface area contributed by atoms with Crippen molar-refractivity contribution in [2.45, 2.75) is 85.5 Å². The van der Waals surface area contributed by atoms with Gasteiger partial charge >= 0.3 is 0 Å². The van der Waals surface area contributed by atoms with Crippen LogP contribution in [-0.4, -0.2) is 30.3 Å². The Labute approximate surface area is 188 Å². The van der Waals surface area contributed by atoms with Crippen LogP contribution in [0.4, 0.5) is 5.82 Å². The summed E-state index contributed by atoms with van der Waals surface area (Å²) >= 11 is 0. The number of methoxy groups -OCH3 is 1. The molecule has 31 heavy (non-hydrogen) atoms. The zero-order chi connectivity index (χ0) is 22.6. The van der Waals surface area contributed by atoms with Gasteiger partial charge in [0, 0.05) is 18.8 Å². The van der Waals surface area contributed by atoms with E-state index in [-0.39, 0.29) is 0 Å². The number of anilines is 1. The minimum atomic E-state index is 0.546. The first-order chi connectivity index (χ1) is 15.1. The van der Waals surface area contributed by atoms with Crippen LogP contribution < -0.4 is 10.5 Å². The summed E-state index contributed by atoms with van der Waals surface area (Å²) in [5, 5.41) is 0. The largest absolute Gasteiger partial charge is 0.496 e. The van der Waals surface area contributed by atoms with E-state index in [0.29, 0.717) is 5.82 Å². The average Bonchev–Trinajstić information content (AvgIpc) is 2.81. The number of benzene rings is 1. The molecule has 5 heteroatoms. The lowest BCUT2D eigenvalue weighted by Crippen LogP contribution is -2.08. The van der Waals surface area contributed by atoms with Crippen molar-refractivity contribution in [3.63, 3.8) is 0 Å². The van der Waals surface area contributed by atoms with Gasteiger partial charge in [-0.1, -0.05) is 34.1 Å². The van der Waals surface area contributed by atoms with E-state index in [1.807, 2.05) is 0 Å². The van der Waals surface area contributed by atoms with E-state index in [0.717, 1.165) is 73.7 Å². The van der Waals surface area contributed by atoms with Gasteiger partial charge in [-0.05, 0) is 74.6 Å². The van der Waals surface area contributed by atoms with Crippen molar-refractivity contribution >= 4 is 5.82 Å². The molecule has 3 rings (SSSR count). The molecule has 0 radical (unpaired) electrons. The Balaban J connectivity index is 0.000000366. The molecule has 2 aromatic rings. The van der Waals surface area contributed by atoms with Crippen LogP contribution in [0.1, 0.15) is 82.3 Å². The van der Waals surface area contributed by atoms with Gasteiger partial charge in [0.2, 0.25) is 0 Å². The second-order valence-electron chi connectivity index (χ2n) is 8.05. The van der Waals surface area contributed by atoms with Crippen LogP contribution in [0.15, 0.2) is 12.1 Å². The summed E-state index contributed by atoms with van der Waals surface area (Å²) in [5.41, 5.74) is 12.6. The lowest BCUT2D eigenvalue weighted by atomic mass is 9.89. The number of nitrogens with two attached hydrogens (primary N) is 1. The molecule has 1 aliphatic carbocycles. The van der Waals surface area contributed by atoms with E-state index < -0.39 is 0 Å². The van der Waals surface area contributed by atoms with Crippen LogP contribution in [0.2, 0.25) is 0 Å². The highest BCUT2D eigenvalue weighted by molar-refractivity contribution is 5.72. The second kappa shape index (κ2) is 13.3. The molecule has 0 aliphatic heterocycles. The first kappa shape index (κ1) is 25.1. The van der Waals surface area contributed by atoms with Gasteiger partial charge in [0.15, 0.2) is 0 Å². The number of aryl methyl sites for hydroxylation is 4. The second-order valence-corrected chi connectivity index (χ2v) is 8.05. The van der Waals surface area contributed by atoms with E-state index >= 15 is 0 Å². The summed E-state index contributed by atoms with van der Waals surface area (Å²) in [6.07, 6.45) is 9.97. The van der Waals surface area contributed by atoms with Gasteiger partial charge in [0.1, 0.15) is 11.6 Å². The van der Waals surface area contributed by atoms with E-state index in [1.54, 1.807) is 7.11 Å². The average molecular weight is 428 g/mol. The van der Waals surface area contributed by atoms with Gasteiger partial charge in [-0.25, -0.2) is 9.97 Å². The smallest absolute Gasteiger partial charge is 0.145 e. The van der Waals surface area contributed by atoms with Crippen molar-refractivity contribution in [3.05, 3.63) is 34.6 Å². The Morgan fingerprint density at radius 2 is 1.55 bits per heavy atom. The quantitative estimate of drug-likeness (QED) is 0.501. The summed E-state index contributed by atoms with van der Waals surface area (Å²) < 4.78 is 10.9. The van der Waals surface area contributed by atoms with Gasteiger partial charge in [0.05, 0.1) is 24.2 Å². The topological polar surface area (TPSA) is 70.3 Å². The molecule has 0 spiro atoms. The predicted octanol–water partition coefficient (Wildman–Crippen LogP) is 5.95. The van der Waals surface area contributed by atoms with E-state index in [4.69, 9.17) is 20.2 Å². The lowest BCUT2D eigenvalue weighted by molar-refractivity contribution is 0.132. The first-order valence-corrected chi connectivity index (χ1v) is 12.0. The van der Waals surface area contributed by atoms with Crippen LogP contribution in [0.25, 0.3) is 11.3 Å². The molecule has 0 fully saturated rings. The minimum absolute atomic E-state index is 0.546. The Hall–Kier alpha value is -2.14. The first-order valence-electron chi connectivity index (χ1n) is 12.0. The number of fused-ring (bicyclic) bond motifs is 1. The van der Waals surface area contributed by atoms with Crippen LogP contribution in [0.5, 0.6) is 5.75 Å². The summed E-state index contributed by atoms with van der Waals surface area (Å²) in [6, 6.07) is 4.44. The van der Waals surface area contributed by atoms with E-state index in [1.165, 1.54) is 36.8 Å². The molecule has 1 aliphatic rings. The standard InChI is InChI=1S/C19H25N3O.C7H16O/c1-4-15-18(21-16(5-2)19(20)22-15)14-10-12-8-6-7-9-13(12)11-17(14)23-3;1-3-5-7-8-6-4-2/h10-11H,4-9H2,1-3H3,(H2,20,22);3-7H2,1-2H3. The number of rotatable bonds is 9. The van der Waals surface area contributed by atoms with Crippen molar-refractivity contribution in [1.29, 1.82) is 0 Å². The molecule has 0 saturated carbocycles. The molecule has 2 N–H and O–H groups in total. The zero-order valence-corrected chi connectivity index (χ0v) is 20.2. The third-order valence-electron chi connectivity index (χ3n) is 5.65. The molecule has 1 heterocycles. The lowest BCUT2D eigenvalue weighted by Gasteiger charge is -2.20. The van der Waals surface area contributed by atoms with Gasteiger partial charge in [0.25, 0.3) is 0 Å². The molecular formula is C26H41N3O2. The Morgan fingerprint density at radius 3 is 2.13 bits per heavy atom. The van der Waals surface area contributed by atoms with Gasteiger partial charge in [-0.15, -0.1) is 0 Å². The van der Waals surface area contributed by atoms with E-state index in [9.17, 15) is 0 Å². The highest BCUT2D eigenvalue weighted by Gasteiger charge is 2.19. The van der Waals surface area contributed by atoms with Crippen LogP contribution in [-0.2, 0) is 30.4 Å². The minimum Gasteiger partial charge on any atom is -0.496 e. The highest BCUT2D eigenvalue weighted by Crippen LogP contribution is 2.36. The third kappa shape index (κ3) is 6.93. The molecule has 0 bridgehead atoms.